The van der Waals surface area contributed by atoms with E-state index in [1.54, 1.807) is 12.0 Å². The van der Waals surface area contributed by atoms with Gasteiger partial charge in [-0.05, 0) is 27.7 Å². The van der Waals surface area contributed by atoms with Gasteiger partial charge in [-0.1, -0.05) is 0 Å². The Morgan fingerprint density at radius 1 is 1.33 bits per heavy atom. The van der Waals surface area contributed by atoms with Crippen LogP contribution in [0.5, 0.6) is 0 Å². The van der Waals surface area contributed by atoms with Crippen molar-refractivity contribution in [2.75, 3.05) is 26.8 Å². The van der Waals surface area contributed by atoms with Gasteiger partial charge < -0.3 is 15.4 Å². The molecule has 104 valence electrons. The predicted octanol–water partition coefficient (Wildman–Crippen LogP) is 1.14. The van der Waals surface area contributed by atoms with Crippen LogP contribution in [0.15, 0.2) is 0 Å². The predicted molar refractivity (Wildman–Crippen MR) is 70.7 cm³/mol. The summed E-state index contributed by atoms with van der Waals surface area (Å²) in [4.78, 5) is 14.2. The highest BCUT2D eigenvalue weighted by atomic mass is 16.5. The Balaban J connectivity index is 4.89. The molecular formula is C13H25N3O2. The van der Waals surface area contributed by atoms with Gasteiger partial charge in [0.15, 0.2) is 0 Å². The Kier molecular flexibility index (Phi) is 6.30. The molecule has 0 saturated heterocycles. The van der Waals surface area contributed by atoms with E-state index in [2.05, 4.69) is 6.07 Å². The normalized spacial score (nSPS) is 12.1. The molecule has 0 unspecified atom stereocenters. The highest BCUT2D eigenvalue weighted by Crippen LogP contribution is 2.30. The van der Waals surface area contributed by atoms with Crippen LogP contribution >= 0.6 is 0 Å². The van der Waals surface area contributed by atoms with E-state index < -0.39 is 11.0 Å². The topological polar surface area (TPSA) is 79.3 Å². The molecule has 0 aromatic heterocycles. The lowest BCUT2D eigenvalue weighted by Crippen LogP contribution is -2.57. The minimum absolute atomic E-state index is 0.0395. The quantitative estimate of drug-likeness (QED) is 0.739. The fourth-order valence-electron chi connectivity index (χ4n) is 1.37. The van der Waals surface area contributed by atoms with Crippen LogP contribution in [0, 0.1) is 16.7 Å². The van der Waals surface area contributed by atoms with E-state index in [0.29, 0.717) is 26.1 Å². The maximum Gasteiger partial charge on any atom is 0.230 e. The molecule has 0 saturated carbocycles. The van der Waals surface area contributed by atoms with Crippen molar-refractivity contribution in [1.82, 2.24) is 4.90 Å². The fraction of sp³-hybridized carbons (Fsp3) is 0.846. The van der Waals surface area contributed by atoms with Crippen LogP contribution in [0.2, 0.25) is 0 Å². The molecule has 0 radical (unpaired) electrons. The van der Waals surface area contributed by atoms with E-state index in [4.69, 9.17) is 15.7 Å². The minimum atomic E-state index is -0.684. The number of ether oxygens (including phenoxy) is 1. The molecule has 0 aliphatic carbocycles. The lowest BCUT2D eigenvalue weighted by molar-refractivity contribution is -0.144. The lowest BCUT2D eigenvalue weighted by atomic mass is 9.74. The first kappa shape index (κ1) is 16.9. The molecule has 0 aliphatic heterocycles. The zero-order valence-corrected chi connectivity index (χ0v) is 12.1. The Hall–Kier alpha value is -1.12. The third-order valence-electron chi connectivity index (χ3n) is 3.49. The summed E-state index contributed by atoms with van der Waals surface area (Å²) >= 11 is 0. The third kappa shape index (κ3) is 4.28. The van der Waals surface area contributed by atoms with Crippen molar-refractivity contribution in [3.05, 3.63) is 0 Å². The average molecular weight is 255 g/mol. The molecule has 0 bridgehead atoms. The summed E-state index contributed by atoms with van der Waals surface area (Å²) in [6, 6.07) is 2.05. The first-order valence-electron chi connectivity index (χ1n) is 6.12. The zero-order chi connectivity index (χ0) is 14.4. The smallest absolute Gasteiger partial charge is 0.230 e. The lowest BCUT2D eigenvalue weighted by Gasteiger charge is -2.40. The standard InChI is InChI=1S/C13H25N3O2/c1-12(2,13(3,4)15)11(17)16(8-6-7-14)9-10-18-5/h6,8-10,15H2,1-5H3. The molecule has 0 spiro atoms. The van der Waals surface area contributed by atoms with Crippen LogP contribution in [-0.2, 0) is 9.53 Å². The summed E-state index contributed by atoms with van der Waals surface area (Å²) < 4.78 is 4.99. The zero-order valence-electron chi connectivity index (χ0n) is 12.1. The van der Waals surface area contributed by atoms with Gasteiger partial charge >= 0.3 is 0 Å². The van der Waals surface area contributed by atoms with Crippen LogP contribution < -0.4 is 5.73 Å². The van der Waals surface area contributed by atoms with E-state index in [1.165, 1.54) is 0 Å². The van der Waals surface area contributed by atoms with Crippen molar-refractivity contribution >= 4 is 5.91 Å². The highest BCUT2D eigenvalue weighted by molar-refractivity contribution is 5.83. The van der Waals surface area contributed by atoms with Crippen molar-refractivity contribution in [1.29, 1.82) is 5.26 Å². The van der Waals surface area contributed by atoms with Crippen molar-refractivity contribution in [2.45, 2.75) is 39.7 Å². The third-order valence-corrected chi connectivity index (χ3v) is 3.49. The monoisotopic (exact) mass is 255 g/mol. The fourth-order valence-corrected chi connectivity index (χ4v) is 1.37. The van der Waals surface area contributed by atoms with Crippen LogP contribution in [0.1, 0.15) is 34.1 Å². The van der Waals surface area contributed by atoms with Gasteiger partial charge in [0.1, 0.15) is 0 Å². The van der Waals surface area contributed by atoms with E-state index in [1.807, 2.05) is 27.7 Å². The molecular weight excluding hydrogens is 230 g/mol. The van der Waals surface area contributed by atoms with E-state index in [0.717, 1.165) is 0 Å². The van der Waals surface area contributed by atoms with Crippen LogP contribution in [0.25, 0.3) is 0 Å². The molecule has 5 nitrogen and oxygen atoms in total. The van der Waals surface area contributed by atoms with Crippen LogP contribution in [0.3, 0.4) is 0 Å². The largest absolute Gasteiger partial charge is 0.383 e. The number of methoxy groups -OCH3 is 1. The van der Waals surface area contributed by atoms with Gasteiger partial charge in [0.05, 0.1) is 24.5 Å². The molecule has 0 heterocycles. The molecule has 0 fully saturated rings. The number of rotatable bonds is 7. The Morgan fingerprint density at radius 3 is 2.28 bits per heavy atom. The van der Waals surface area contributed by atoms with Gasteiger partial charge in [0.25, 0.3) is 0 Å². The van der Waals surface area contributed by atoms with Gasteiger partial charge in [-0.25, -0.2) is 0 Å². The van der Waals surface area contributed by atoms with Gasteiger partial charge in [0, 0.05) is 25.7 Å². The number of nitrogens with two attached hydrogens (primary N) is 1. The van der Waals surface area contributed by atoms with Crippen molar-refractivity contribution < 1.29 is 9.53 Å². The number of nitriles is 1. The molecule has 18 heavy (non-hydrogen) atoms. The number of hydrogen-bond acceptors (Lipinski definition) is 4. The van der Waals surface area contributed by atoms with E-state index in [9.17, 15) is 4.79 Å². The molecule has 0 aromatic rings. The summed E-state index contributed by atoms with van der Waals surface area (Å²) in [5.41, 5.74) is 4.76. The summed E-state index contributed by atoms with van der Waals surface area (Å²) in [6.07, 6.45) is 0.316. The number of carbonyl (C=O) groups is 1. The summed E-state index contributed by atoms with van der Waals surface area (Å²) in [5, 5.41) is 8.64. The van der Waals surface area contributed by atoms with Gasteiger partial charge in [-0.2, -0.15) is 5.26 Å². The number of carbonyl (C=O) groups excluding carboxylic acids is 1. The minimum Gasteiger partial charge on any atom is -0.383 e. The van der Waals surface area contributed by atoms with Crippen molar-refractivity contribution in [2.24, 2.45) is 11.1 Å². The van der Waals surface area contributed by atoms with Crippen molar-refractivity contribution in [3.8, 4) is 6.07 Å². The Labute approximate surface area is 110 Å². The maximum absolute atomic E-state index is 12.5. The van der Waals surface area contributed by atoms with Crippen LogP contribution in [0.4, 0.5) is 0 Å². The second-order valence-corrected chi connectivity index (χ2v) is 5.54. The highest BCUT2D eigenvalue weighted by Gasteiger charge is 2.42. The second-order valence-electron chi connectivity index (χ2n) is 5.54. The van der Waals surface area contributed by atoms with Crippen molar-refractivity contribution in [3.63, 3.8) is 0 Å². The molecule has 0 rings (SSSR count). The molecule has 5 heteroatoms. The molecule has 0 aliphatic rings. The Morgan fingerprint density at radius 2 is 1.89 bits per heavy atom. The number of nitrogens with zero attached hydrogens (tertiary/aromatic N) is 2. The summed E-state index contributed by atoms with van der Waals surface area (Å²) in [5.74, 6) is -0.0395. The number of hydrogen-bond donors (Lipinski definition) is 1. The maximum atomic E-state index is 12.5. The van der Waals surface area contributed by atoms with Gasteiger partial charge in [-0.3, -0.25) is 4.79 Å². The van der Waals surface area contributed by atoms with Crippen LogP contribution in [-0.4, -0.2) is 43.2 Å². The number of amides is 1. The van der Waals surface area contributed by atoms with E-state index >= 15 is 0 Å². The molecule has 2 N–H and O–H groups in total. The second kappa shape index (κ2) is 6.72. The first-order valence-corrected chi connectivity index (χ1v) is 6.12. The molecule has 0 atom stereocenters. The molecule has 0 aromatic carbocycles. The SMILES string of the molecule is COCCN(CCC#N)C(=O)C(C)(C)C(C)(C)N. The Bertz CT molecular complexity index is 313. The van der Waals surface area contributed by atoms with E-state index in [-0.39, 0.29) is 5.91 Å². The summed E-state index contributed by atoms with van der Waals surface area (Å²) in [7, 11) is 1.59. The first-order chi connectivity index (χ1) is 8.18. The van der Waals surface area contributed by atoms with Gasteiger partial charge in [-0.15, -0.1) is 0 Å². The molecule has 1 amide bonds. The average Bonchev–Trinajstić information content (AvgIpc) is 2.27. The van der Waals surface area contributed by atoms with Gasteiger partial charge in [0.2, 0.25) is 5.91 Å². The summed E-state index contributed by atoms with van der Waals surface area (Å²) in [6.45, 7) is 8.70.